The van der Waals surface area contributed by atoms with Gasteiger partial charge in [0, 0.05) is 11.2 Å². The minimum Gasteiger partial charge on any atom is -0.339 e. The molecular weight excluding hydrogens is 256 g/mol. The molecule has 2 rings (SSSR count). The van der Waals surface area contributed by atoms with E-state index in [0.717, 1.165) is 17.3 Å². The number of aromatic nitrogens is 2. The van der Waals surface area contributed by atoms with Gasteiger partial charge in [0.15, 0.2) is 5.82 Å². The van der Waals surface area contributed by atoms with Crippen molar-refractivity contribution < 1.29 is 4.52 Å². The Kier molecular flexibility index (Phi) is 4.30. The summed E-state index contributed by atoms with van der Waals surface area (Å²) >= 11 is 1.81. The molecule has 0 aliphatic carbocycles. The van der Waals surface area contributed by atoms with Gasteiger partial charge in [-0.1, -0.05) is 50.2 Å². The Morgan fingerprint density at radius 2 is 1.89 bits per heavy atom. The Balaban J connectivity index is 1.90. The maximum absolute atomic E-state index is 5.28. The first-order valence-electron chi connectivity index (χ1n) is 6.42. The largest absolute Gasteiger partial charge is 0.339 e. The normalized spacial score (nSPS) is 11.8. The zero-order valence-electron chi connectivity index (χ0n) is 11.9. The lowest BCUT2D eigenvalue weighted by Gasteiger charge is -2.10. The molecule has 0 atom stereocenters. The second-order valence-corrected chi connectivity index (χ2v) is 6.67. The molecule has 0 radical (unpaired) electrons. The summed E-state index contributed by atoms with van der Waals surface area (Å²) in [5.41, 5.74) is 2.62. The molecule has 0 aliphatic rings. The molecule has 0 spiro atoms. The number of nitrogens with zero attached hydrogens (tertiary/aromatic N) is 2. The van der Waals surface area contributed by atoms with Gasteiger partial charge in [-0.15, -0.1) is 11.8 Å². The van der Waals surface area contributed by atoms with Crippen molar-refractivity contribution in [1.82, 2.24) is 10.1 Å². The summed E-state index contributed by atoms with van der Waals surface area (Å²) in [6.07, 6.45) is 0. The van der Waals surface area contributed by atoms with Crippen LogP contribution in [0.1, 0.15) is 43.6 Å². The Bertz CT molecular complexity index is 543. The highest BCUT2D eigenvalue weighted by Crippen LogP contribution is 2.22. The molecular formula is C15H20N2OS. The van der Waals surface area contributed by atoms with Crippen LogP contribution in [-0.4, -0.2) is 10.1 Å². The van der Waals surface area contributed by atoms with Gasteiger partial charge in [-0.05, 0) is 18.1 Å². The van der Waals surface area contributed by atoms with Crippen molar-refractivity contribution in [3.8, 4) is 0 Å². The van der Waals surface area contributed by atoms with Crippen LogP contribution in [0, 0.1) is 6.92 Å². The number of thioether (sulfide) groups is 1. The van der Waals surface area contributed by atoms with E-state index in [1.807, 2.05) is 11.8 Å². The van der Waals surface area contributed by atoms with Crippen molar-refractivity contribution in [3.63, 3.8) is 0 Å². The molecule has 0 unspecified atom stereocenters. The number of hydrogen-bond acceptors (Lipinski definition) is 4. The number of rotatable bonds is 4. The monoisotopic (exact) mass is 276 g/mol. The molecule has 0 saturated heterocycles. The molecule has 0 amide bonds. The number of benzene rings is 1. The first-order valence-corrected chi connectivity index (χ1v) is 7.57. The fourth-order valence-electron chi connectivity index (χ4n) is 1.64. The van der Waals surface area contributed by atoms with E-state index in [9.17, 15) is 0 Å². The van der Waals surface area contributed by atoms with E-state index in [1.165, 1.54) is 11.1 Å². The van der Waals surface area contributed by atoms with Crippen LogP contribution in [0.25, 0.3) is 0 Å². The molecule has 1 heterocycles. The van der Waals surface area contributed by atoms with Crippen molar-refractivity contribution in [3.05, 3.63) is 47.1 Å². The maximum atomic E-state index is 5.28. The van der Waals surface area contributed by atoms with Crippen LogP contribution in [-0.2, 0) is 16.9 Å². The van der Waals surface area contributed by atoms with Crippen LogP contribution in [0.5, 0.6) is 0 Å². The van der Waals surface area contributed by atoms with Crippen molar-refractivity contribution in [2.45, 2.75) is 44.6 Å². The van der Waals surface area contributed by atoms with E-state index in [1.54, 1.807) is 0 Å². The van der Waals surface area contributed by atoms with Gasteiger partial charge < -0.3 is 4.52 Å². The molecule has 1 aromatic carbocycles. The average Bonchev–Trinajstić information content (AvgIpc) is 2.80. The summed E-state index contributed by atoms with van der Waals surface area (Å²) < 4.78 is 5.28. The number of hydrogen-bond donors (Lipinski definition) is 0. The Labute approximate surface area is 118 Å². The SMILES string of the molecule is Cc1ccccc1CSCc1noc(C(C)(C)C)n1. The van der Waals surface area contributed by atoms with E-state index < -0.39 is 0 Å². The molecule has 0 aliphatic heterocycles. The first kappa shape index (κ1) is 14.1. The third-order valence-corrected chi connectivity index (χ3v) is 3.84. The van der Waals surface area contributed by atoms with Gasteiger partial charge in [0.05, 0.1) is 5.75 Å². The molecule has 4 heteroatoms. The maximum Gasteiger partial charge on any atom is 0.232 e. The summed E-state index contributed by atoms with van der Waals surface area (Å²) in [5.74, 6) is 3.25. The lowest BCUT2D eigenvalue weighted by molar-refractivity contribution is 0.319. The van der Waals surface area contributed by atoms with Crippen LogP contribution in [0.3, 0.4) is 0 Å². The molecule has 2 aromatic rings. The third kappa shape index (κ3) is 3.83. The molecule has 3 nitrogen and oxygen atoms in total. The van der Waals surface area contributed by atoms with Crippen molar-refractivity contribution in [1.29, 1.82) is 0 Å². The van der Waals surface area contributed by atoms with Gasteiger partial charge in [0.25, 0.3) is 0 Å². The van der Waals surface area contributed by atoms with Crippen LogP contribution in [0.4, 0.5) is 0 Å². The van der Waals surface area contributed by atoms with Gasteiger partial charge in [0.2, 0.25) is 5.89 Å². The molecule has 1 aromatic heterocycles. The smallest absolute Gasteiger partial charge is 0.232 e. The molecule has 0 N–H and O–H groups in total. The van der Waals surface area contributed by atoms with E-state index in [0.29, 0.717) is 5.89 Å². The zero-order valence-corrected chi connectivity index (χ0v) is 12.8. The summed E-state index contributed by atoms with van der Waals surface area (Å²) in [6.45, 7) is 8.36. The van der Waals surface area contributed by atoms with Crippen LogP contribution in [0.2, 0.25) is 0 Å². The summed E-state index contributed by atoms with van der Waals surface area (Å²) in [4.78, 5) is 4.44. The molecule has 102 valence electrons. The predicted molar refractivity (Wildman–Crippen MR) is 79.2 cm³/mol. The van der Waals surface area contributed by atoms with Crippen molar-refractivity contribution >= 4 is 11.8 Å². The third-order valence-electron chi connectivity index (χ3n) is 2.86. The highest BCUT2D eigenvalue weighted by molar-refractivity contribution is 7.97. The minimum atomic E-state index is -0.0774. The Morgan fingerprint density at radius 3 is 2.53 bits per heavy atom. The van der Waals surface area contributed by atoms with E-state index in [-0.39, 0.29) is 5.41 Å². The van der Waals surface area contributed by atoms with Gasteiger partial charge >= 0.3 is 0 Å². The van der Waals surface area contributed by atoms with Gasteiger partial charge in [0.1, 0.15) is 0 Å². The highest BCUT2D eigenvalue weighted by atomic mass is 32.2. The van der Waals surface area contributed by atoms with Crippen LogP contribution >= 0.6 is 11.8 Å². The van der Waals surface area contributed by atoms with Gasteiger partial charge in [-0.3, -0.25) is 0 Å². The zero-order chi connectivity index (χ0) is 13.9. The lowest BCUT2D eigenvalue weighted by atomic mass is 9.97. The standard InChI is InChI=1S/C15H20N2OS/c1-11-7-5-6-8-12(11)9-19-10-13-16-14(18-17-13)15(2,3)4/h5-8H,9-10H2,1-4H3. The second-order valence-electron chi connectivity index (χ2n) is 5.69. The summed E-state index contributed by atoms with van der Waals surface area (Å²) in [5, 5.41) is 4.03. The van der Waals surface area contributed by atoms with E-state index >= 15 is 0 Å². The predicted octanol–water partition coefficient (Wildman–Crippen LogP) is 4.11. The molecule has 19 heavy (non-hydrogen) atoms. The van der Waals surface area contributed by atoms with E-state index in [2.05, 4.69) is 62.1 Å². The minimum absolute atomic E-state index is 0.0774. The van der Waals surface area contributed by atoms with Gasteiger partial charge in [-0.2, -0.15) is 4.98 Å². The Morgan fingerprint density at radius 1 is 1.16 bits per heavy atom. The topological polar surface area (TPSA) is 38.9 Å². The number of aryl methyl sites for hydroxylation is 1. The van der Waals surface area contributed by atoms with Crippen molar-refractivity contribution in [2.24, 2.45) is 0 Å². The quantitative estimate of drug-likeness (QED) is 0.842. The fraction of sp³-hybridized carbons (Fsp3) is 0.467. The van der Waals surface area contributed by atoms with Crippen LogP contribution < -0.4 is 0 Å². The highest BCUT2D eigenvalue weighted by Gasteiger charge is 2.21. The molecule has 0 fully saturated rings. The lowest BCUT2D eigenvalue weighted by Crippen LogP contribution is -2.11. The average molecular weight is 276 g/mol. The summed E-state index contributed by atoms with van der Waals surface area (Å²) in [7, 11) is 0. The molecule has 0 saturated carbocycles. The van der Waals surface area contributed by atoms with Crippen LogP contribution in [0.15, 0.2) is 28.8 Å². The van der Waals surface area contributed by atoms with E-state index in [4.69, 9.17) is 4.52 Å². The van der Waals surface area contributed by atoms with Crippen molar-refractivity contribution in [2.75, 3.05) is 0 Å². The molecule has 0 bridgehead atoms. The van der Waals surface area contributed by atoms with Gasteiger partial charge in [-0.25, -0.2) is 0 Å². The summed E-state index contributed by atoms with van der Waals surface area (Å²) in [6, 6.07) is 8.45. The second kappa shape index (κ2) is 5.78. The Hall–Kier alpha value is -1.29. The fourth-order valence-corrected chi connectivity index (χ4v) is 2.59. The first-order chi connectivity index (χ1) is 8.97.